The van der Waals surface area contributed by atoms with Crippen LogP contribution in [0.2, 0.25) is 0 Å². The van der Waals surface area contributed by atoms with Crippen LogP contribution in [0.4, 0.5) is 0 Å². The van der Waals surface area contributed by atoms with Crippen LogP contribution < -0.4 is 5.56 Å². The van der Waals surface area contributed by atoms with Gasteiger partial charge >= 0.3 is 5.56 Å². The Labute approximate surface area is 78.2 Å². The first kappa shape index (κ1) is 8.31. The van der Waals surface area contributed by atoms with Crippen molar-refractivity contribution in [3.63, 3.8) is 0 Å². The lowest BCUT2D eigenvalue weighted by atomic mass is 10.4. The van der Waals surface area contributed by atoms with Crippen LogP contribution >= 0.6 is 11.5 Å². The van der Waals surface area contributed by atoms with Crippen LogP contribution in [-0.4, -0.2) is 19.1 Å². The summed E-state index contributed by atoms with van der Waals surface area (Å²) in [7, 11) is 0. The number of rotatable bonds is 1. The molecule has 0 aliphatic heterocycles. The summed E-state index contributed by atoms with van der Waals surface area (Å²) in [6.07, 6.45) is 1.54. The predicted octanol–water partition coefficient (Wildman–Crippen LogP) is 0.829. The zero-order chi connectivity index (χ0) is 9.42. The summed E-state index contributed by atoms with van der Waals surface area (Å²) in [5.74, 6) is 0. The van der Waals surface area contributed by atoms with Gasteiger partial charge in [-0.05, 0) is 13.8 Å². The lowest BCUT2D eigenvalue weighted by Gasteiger charge is -2.08. The Bertz CT molecular complexity index is 486. The summed E-state index contributed by atoms with van der Waals surface area (Å²) in [6.45, 7) is 4.04. The van der Waals surface area contributed by atoms with Crippen LogP contribution in [0.1, 0.15) is 19.9 Å². The average molecular weight is 196 g/mol. The third-order valence-electron chi connectivity index (χ3n) is 1.76. The van der Waals surface area contributed by atoms with Crippen LogP contribution in [0.3, 0.4) is 0 Å². The average Bonchev–Trinajstić information content (AvgIpc) is 2.53. The molecule has 0 saturated heterocycles. The second-order valence-electron chi connectivity index (χ2n) is 2.98. The Kier molecular flexibility index (Phi) is 1.84. The fraction of sp³-hybridized carbons (Fsp3) is 0.429. The van der Waals surface area contributed by atoms with Crippen molar-refractivity contribution in [3.8, 4) is 0 Å². The molecule has 13 heavy (non-hydrogen) atoms. The predicted molar refractivity (Wildman–Crippen MR) is 49.9 cm³/mol. The Hall–Kier alpha value is -1.30. The van der Waals surface area contributed by atoms with Crippen LogP contribution in [0, 0.1) is 0 Å². The third-order valence-corrected chi connectivity index (χ3v) is 2.50. The van der Waals surface area contributed by atoms with Gasteiger partial charge in [0.2, 0.25) is 0 Å². The van der Waals surface area contributed by atoms with Crippen LogP contribution in [0.25, 0.3) is 10.3 Å². The molecule has 2 rings (SSSR count). The van der Waals surface area contributed by atoms with Crippen LogP contribution in [-0.2, 0) is 0 Å². The van der Waals surface area contributed by atoms with E-state index in [0.717, 1.165) is 4.83 Å². The van der Waals surface area contributed by atoms with Crippen molar-refractivity contribution in [3.05, 3.63) is 16.7 Å². The maximum atomic E-state index is 11.2. The van der Waals surface area contributed by atoms with E-state index >= 15 is 0 Å². The van der Waals surface area contributed by atoms with E-state index in [4.69, 9.17) is 0 Å². The smallest absolute Gasteiger partial charge is 0.302 e. The normalized spacial score (nSPS) is 11.3. The Morgan fingerprint density at radius 1 is 1.54 bits per heavy atom. The first-order chi connectivity index (χ1) is 6.20. The molecule has 5 nitrogen and oxygen atoms in total. The highest BCUT2D eigenvalue weighted by Crippen LogP contribution is 2.15. The SMILES string of the molecule is CC(C)n1cnc(=O)c2nnsc21. The number of hydrogen-bond acceptors (Lipinski definition) is 5. The third kappa shape index (κ3) is 1.23. The summed E-state index contributed by atoms with van der Waals surface area (Å²) in [6, 6.07) is 0.262. The molecule has 0 aromatic carbocycles. The minimum absolute atomic E-state index is 0.262. The summed E-state index contributed by atoms with van der Waals surface area (Å²) >= 11 is 1.22. The van der Waals surface area contributed by atoms with E-state index in [1.165, 1.54) is 17.9 Å². The van der Waals surface area contributed by atoms with Crippen molar-refractivity contribution < 1.29 is 0 Å². The monoisotopic (exact) mass is 196 g/mol. The van der Waals surface area contributed by atoms with Gasteiger partial charge < -0.3 is 4.57 Å². The van der Waals surface area contributed by atoms with Gasteiger partial charge in [-0.3, -0.25) is 4.79 Å². The highest BCUT2D eigenvalue weighted by atomic mass is 32.1. The molecular weight excluding hydrogens is 188 g/mol. The van der Waals surface area contributed by atoms with Crippen molar-refractivity contribution in [1.82, 2.24) is 19.1 Å². The molecule has 0 N–H and O–H groups in total. The van der Waals surface area contributed by atoms with Gasteiger partial charge in [0.1, 0.15) is 6.33 Å². The second-order valence-corrected chi connectivity index (χ2v) is 3.71. The second kappa shape index (κ2) is 2.88. The van der Waals surface area contributed by atoms with Gasteiger partial charge in [-0.25, -0.2) is 0 Å². The summed E-state index contributed by atoms with van der Waals surface area (Å²) in [5.41, 5.74) is 0.0573. The minimum atomic E-state index is -0.305. The van der Waals surface area contributed by atoms with E-state index in [0.29, 0.717) is 5.52 Å². The molecule has 68 valence electrons. The minimum Gasteiger partial charge on any atom is -0.318 e. The molecule has 0 aliphatic carbocycles. The molecule has 0 amide bonds. The summed E-state index contributed by atoms with van der Waals surface area (Å²) < 4.78 is 5.63. The molecule has 2 aromatic rings. The maximum absolute atomic E-state index is 11.2. The molecule has 0 radical (unpaired) electrons. The van der Waals surface area contributed by atoms with E-state index in [1.54, 1.807) is 0 Å². The number of aromatic nitrogens is 4. The van der Waals surface area contributed by atoms with Crippen LogP contribution in [0.5, 0.6) is 0 Å². The lowest BCUT2D eigenvalue weighted by Crippen LogP contribution is -2.12. The Balaban J connectivity index is 2.86. The first-order valence-electron chi connectivity index (χ1n) is 3.89. The van der Waals surface area contributed by atoms with Gasteiger partial charge in [-0.15, -0.1) is 5.10 Å². The largest absolute Gasteiger partial charge is 0.318 e. The van der Waals surface area contributed by atoms with Gasteiger partial charge in [-0.1, -0.05) is 4.49 Å². The van der Waals surface area contributed by atoms with E-state index in [2.05, 4.69) is 14.6 Å². The van der Waals surface area contributed by atoms with Crippen molar-refractivity contribution in [2.45, 2.75) is 19.9 Å². The topological polar surface area (TPSA) is 60.7 Å². The van der Waals surface area contributed by atoms with Gasteiger partial charge in [0, 0.05) is 17.6 Å². The molecular formula is C7H8N4OS. The quantitative estimate of drug-likeness (QED) is 0.677. The van der Waals surface area contributed by atoms with E-state index in [1.807, 2.05) is 18.4 Å². The molecule has 0 aliphatic rings. The van der Waals surface area contributed by atoms with Crippen molar-refractivity contribution in [1.29, 1.82) is 0 Å². The van der Waals surface area contributed by atoms with Crippen LogP contribution in [0.15, 0.2) is 11.1 Å². The highest BCUT2D eigenvalue weighted by Gasteiger charge is 2.09. The summed E-state index contributed by atoms with van der Waals surface area (Å²) in [4.78, 5) is 15.7. The lowest BCUT2D eigenvalue weighted by molar-refractivity contribution is 0.609. The fourth-order valence-corrected chi connectivity index (χ4v) is 1.85. The van der Waals surface area contributed by atoms with E-state index < -0.39 is 0 Å². The molecule has 6 heteroatoms. The van der Waals surface area contributed by atoms with Crippen molar-refractivity contribution in [2.24, 2.45) is 0 Å². The zero-order valence-electron chi connectivity index (χ0n) is 7.26. The van der Waals surface area contributed by atoms with Gasteiger partial charge in [0.25, 0.3) is 0 Å². The highest BCUT2D eigenvalue weighted by molar-refractivity contribution is 7.12. The first-order valence-corrected chi connectivity index (χ1v) is 4.66. The van der Waals surface area contributed by atoms with Crippen molar-refractivity contribution in [2.75, 3.05) is 0 Å². The standard InChI is InChI=1S/C7H8N4OS/c1-4(2)11-3-8-6(12)5-7(11)13-10-9-5/h3-4H,1-2H3. The molecule has 0 fully saturated rings. The molecule has 0 saturated carbocycles. The number of fused-ring (bicyclic) bond motifs is 1. The van der Waals surface area contributed by atoms with Gasteiger partial charge in [0.05, 0.1) is 0 Å². The van der Waals surface area contributed by atoms with Gasteiger partial charge in [0.15, 0.2) is 10.3 Å². The summed E-state index contributed by atoms with van der Waals surface area (Å²) in [5, 5.41) is 3.73. The molecule has 0 atom stereocenters. The van der Waals surface area contributed by atoms with Crippen molar-refractivity contribution >= 4 is 21.9 Å². The zero-order valence-corrected chi connectivity index (χ0v) is 8.08. The molecule has 2 heterocycles. The molecule has 0 unspecified atom stereocenters. The molecule has 0 bridgehead atoms. The number of hydrogen-bond donors (Lipinski definition) is 0. The Morgan fingerprint density at radius 2 is 2.31 bits per heavy atom. The maximum Gasteiger partial charge on any atom is 0.302 e. The molecule has 2 aromatic heterocycles. The van der Waals surface area contributed by atoms with E-state index in [9.17, 15) is 4.79 Å². The van der Waals surface area contributed by atoms with Gasteiger partial charge in [-0.2, -0.15) is 4.98 Å². The fourth-order valence-electron chi connectivity index (χ4n) is 1.09. The number of nitrogens with zero attached hydrogens (tertiary/aromatic N) is 4. The van der Waals surface area contributed by atoms with E-state index in [-0.39, 0.29) is 11.6 Å². The Morgan fingerprint density at radius 3 is 3.00 bits per heavy atom. The molecule has 0 spiro atoms.